The molecule has 1 aliphatic heterocycles. The molecule has 82 valence electrons. The van der Waals surface area contributed by atoms with Crippen molar-refractivity contribution in [3.63, 3.8) is 0 Å². The van der Waals surface area contributed by atoms with Gasteiger partial charge in [-0.2, -0.15) is 0 Å². The minimum Gasteiger partial charge on any atom is -0.394 e. The van der Waals surface area contributed by atoms with E-state index in [1.807, 2.05) is 24.3 Å². The molecule has 1 aromatic rings. The molecule has 1 fully saturated rings. The number of aliphatic hydroxyl groups excluding tert-OH is 1. The maximum atomic E-state index is 8.92. The van der Waals surface area contributed by atoms with Gasteiger partial charge in [0.05, 0.1) is 18.8 Å². The van der Waals surface area contributed by atoms with Crippen LogP contribution in [-0.2, 0) is 4.74 Å². The zero-order chi connectivity index (χ0) is 10.7. The Hall–Kier alpha value is -0.900. The molecule has 1 aliphatic rings. The average Bonchev–Trinajstić information content (AvgIpc) is 2.82. The summed E-state index contributed by atoms with van der Waals surface area (Å²) in [6.07, 6.45) is 2.50. The van der Waals surface area contributed by atoms with Gasteiger partial charge in [0.25, 0.3) is 0 Å². The Morgan fingerprint density at radius 2 is 2.13 bits per heavy atom. The van der Waals surface area contributed by atoms with Gasteiger partial charge >= 0.3 is 0 Å². The van der Waals surface area contributed by atoms with Gasteiger partial charge < -0.3 is 15.6 Å². The zero-order valence-corrected chi connectivity index (χ0v) is 8.73. The molecule has 2 atom stereocenters. The van der Waals surface area contributed by atoms with Crippen LogP contribution in [0, 0.1) is 0 Å². The summed E-state index contributed by atoms with van der Waals surface area (Å²) in [6.45, 7) is 0.849. The molecule has 0 aromatic heterocycles. The van der Waals surface area contributed by atoms with Crippen molar-refractivity contribution in [3.8, 4) is 0 Å². The van der Waals surface area contributed by atoms with E-state index in [2.05, 4.69) is 0 Å². The minimum absolute atomic E-state index is 0.0146. The lowest BCUT2D eigenvalue weighted by molar-refractivity contribution is 0.112. The Labute approximate surface area is 89.9 Å². The molecule has 0 amide bonds. The summed E-state index contributed by atoms with van der Waals surface area (Å²) in [4.78, 5) is 0. The predicted octanol–water partition coefficient (Wildman–Crippen LogP) is 1.53. The minimum atomic E-state index is -0.274. The van der Waals surface area contributed by atoms with Gasteiger partial charge in [-0.3, -0.25) is 0 Å². The van der Waals surface area contributed by atoms with Crippen molar-refractivity contribution in [2.45, 2.75) is 25.0 Å². The molecular weight excluding hydrogens is 190 g/mol. The fourth-order valence-electron chi connectivity index (χ4n) is 1.90. The van der Waals surface area contributed by atoms with E-state index >= 15 is 0 Å². The van der Waals surface area contributed by atoms with Crippen molar-refractivity contribution in [3.05, 3.63) is 35.4 Å². The summed E-state index contributed by atoms with van der Waals surface area (Å²) >= 11 is 0. The third-order valence-corrected chi connectivity index (χ3v) is 2.86. The maximum absolute atomic E-state index is 8.92. The first-order valence-corrected chi connectivity index (χ1v) is 5.39. The highest BCUT2D eigenvalue weighted by Crippen LogP contribution is 2.28. The van der Waals surface area contributed by atoms with E-state index in [9.17, 15) is 0 Å². The number of benzene rings is 1. The second kappa shape index (κ2) is 4.75. The second-order valence-electron chi connectivity index (χ2n) is 3.96. The van der Waals surface area contributed by atoms with Crippen molar-refractivity contribution in [2.75, 3.05) is 13.2 Å². The molecule has 1 heterocycles. The van der Waals surface area contributed by atoms with Gasteiger partial charge in [0.2, 0.25) is 0 Å². The summed E-state index contributed by atoms with van der Waals surface area (Å²) in [5, 5.41) is 8.92. The first-order chi connectivity index (χ1) is 7.31. The number of hydrogen-bond acceptors (Lipinski definition) is 3. The van der Waals surface area contributed by atoms with E-state index < -0.39 is 0 Å². The lowest BCUT2D eigenvalue weighted by Gasteiger charge is -2.12. The molecule has 3 N–H and O–H groups in total. The standard InChI is InChI=1S/C12H17NO2/c13-11(8-14)9-3-5-10(6-4-9)12-2-1-7-15-12/h3-6,11-12,14H,1-2,7-8,13H2. The van der Waals surface area contributed by atoms with Crippen LogP contribution in [-0.4, -0.2) is 18.3 Å². The van der Waals surface area contributed by atoms with Crippen LogP contribution < -0.4 is 5.73 Å². The van der Waals surface area contributed by atoms with Gasteiger partial charge in [0, 0.05) is 6.61 Å². The molecular formula is C12H17NO2. The van der Waals surface area contributed by atoms with Gasteiger partial charge in [-0.1, -0.05) is 24.3 Å². The Morgan fingerprint density at radius 1 is 1.40 bits per heavy atom. The summed E-state index contributed by atoms with van der Waals surface area (Å²) in [7, 11) is 0. The summed E-state index contributed by atoms with van der Waals surface area (Å²) in [5.74, 6) is 0. The quantitative estimate of drug-likeness (QED) is 0.790. The highest BCUT2D eigenvalue weighted by atomic mass is 16.5. The zero-order valence-electron chi connectivity index (χ0n) is 8.73. The molecule has 0 bridgehead atoms. The van der Waals surface area contributed by atoms with Gasteiger partial charge in [0.15, 0.2) is 0 Å². The van der Waals surface area contributed by atoms with Crippen molar-refractivity contribution < 1.29 is 9.84 Å². The topological polar surface area (TPSA) is 55.5 Å². The van der Waals surface area contributed by atoms with Crippen LogP contribution in [0.2, 0.25) is 0 Å². The molecule has 3 heteroatoms. The third kappa shape index (κ3) is 2.37. The Bertz CT molecular complexity index is 304. The van der Waals surface area contributed by atoms with E-state index in [-0.39, 0.29) is 18.8 Å². The van der Waals surface area contributed by atoms with Gasteiger partial charge in [-0.05, 0) is 24.0 Å². The maximum Gasteiger partial charge on any atom is 0.0825 e. The van der Waals surface area contributed by atoms with Crippen molar-refractivity contribution >= 4 is 0 Å². The van der Waals surface area contributed by atoms with E-state index in [0.29, 0.717) is 0 Å². The molecule has 2 unspecified atom stereocenters. The fraction of sp³-hybridized carbons (Fsp3) is 0.500. The first kappa shape index (κ1) is 10.6. The van der Waals surface area contributed by atoms with Gasteiger partial charge in [-0.25, -0.2) is 0 Å². The van der Waals surface area contributed by atoms with Crippen LogP contribution in [0.1, 0.15) is 36.1 Å². The molecule has 3 nitrogen and oxygen atoms in total. The summed E-state index contributed by atoms with van der Waals surface area (Å²) in [5.41, 5.74) is 7.90. The molecule has 0 radical (unpaired) electrons. The van der Waals surface area contributed by atoms with Crippen LogP contribution in [0.15, 0.2) is 24.3 Å². The smallest absolute Gasteiger partial charge is 0.0825 e. The normalized spacial score (nSPS) is 22.9. The number of rotatable bonds is 3. The highest BCUT2D eigenvalue weighted by molar-refractivity contribution is 5.26. The summed E-state index contributed by atoms with van der Waals surface area (Å²) in [6, 6.07) is 7.75. The largest absolute Gasteiger partial charge is 0.394 e. The number of hydrogen-bond donors (Lipinski definition) is 2. The first-order valence-electron chi connectivity index (χ1n) is 5.39. The molecule has 15 heavy (non-hydrogen) atoms. The predicted molar refractivity (Wildman–Crippen MR) is 58.4 cm³/mol. The lowest BCUT2D eigenvalue weighted by atomic mass is 10.0. The Morgan fingerprint density at radius 3 is 2.67 bits per heavy atom. The number of ether oxygens (including phenoxy) is 1. The Balaban J connectivity index is 2.09. The van der Waals surface area contributed by atoms with E-state index in [4.69, 9.17) is 15.6 Å². The third-order valence-electron chi connectivity index (χ3n) is 2.86. The average molecular weight is 207 g/mol. The van der Waals surface area contributed by atoms with Crippen LogP contribution in [0.5, 0.6) is 0 Å². The second-order valence-corrected chi connectivity index (χ2v) is 3.96. The summed E-state index contributed by atoms with van der Waals surface area (Å²) < 4.78 is 5.59. The van der Waals surface area contributed by atoms with Crippen LogP contribution in [0.4, 0.5) is 0 Å². The molecule has 0 saturated carbocycles. The Kier molecular flexibility index (Phi) is 3.36. The van der Waals surface area contributed by atoms with Crippen molar-refractivity contribution in [1.82, 2.24) is 0 Å². The van der Waals surface area contributed by atoms with Crippen LogP contribution in [0.25, 0.3) is 0 Å². The van der Waals surface area contributed by atoms with E-state index in [1.165, 1.54) is 5.56 Å². The van der Waals surface area contributed by atoms with Gasteiger partial charge in [-0.15, -0.1) is 0 Å². The van der Waals surface area contributed by atoms with Crippen LogP contribution in [0.3, 0.4) is 0 Å². The van der Waals surface area contributed by atoms with Crippen molar-refractivity contribution in [1.29, 1.82) is 0 Å². The molecule has 1 saturated heterocycles. The molecule has 0 aliphatic carbocycles. The monoisotopic (exact) mass is 207 g/mol. The highest BCUT2D eigenvalue weighted by Gasteiger charge is 2.17. The van der Waals surface area contributed by atoms with E-state index in [0.717, 1.165) is 25.0 Å². The number of aliphatic hydroxyl groups is 1. The lowest BCUT2D eigenvalue weighted by Crippen LogP contribution is -2.14. The van der Waals surface area contributed by atoms with E-state index in [1.54, 1.807) is 0 Å². The fourth-order valence-corrected chi connectivity index (χ4v) is 1.90. The van der Waals surface area contributed by atoms with Crippen LogP contribution >= 0.6 is 0 Å². The van der Waals surface area contributed by atoms with Crippen molar-refractivity contribution in [2.24, 2.45) is 5.73 Å². The SMILES string of the molecule is NC(CO)c1ccc(C2CCCO2)cc1. The number of nitrogens with two attached hydrogens (primary N) is 1. The van der Waals surface area contributed by atoms with Gasteiger partial charge in [0.1, 0.15) is 0 Å². The molecule has 1 aromatic carbocycles. The molecule has 2 rings (SSSR count). The molecule has 0 spiro atoms.